The Morgan fingerprint density at radius 3 is 3.06 bits per heavy atom. The summed E-state index contributed by atoms with van der Waals surface area (Å²) in [6.45, 7) is 2.91. The zero-order valence-corrected chi connectivity index (χ0v) is 11.0. The molecule has 0 spiro atoms. The number of ether oxygens (including phenoxy) is 1. The fourth-order valence-corrected chi connectivity index (χ4v) is 2.96. The second kappa shape index (κ2) is 4.59. The van der Waals surface area contributed by atoms with E-state index in [1.54, 1.807) is 0 Å². The Bertz CT molecular complexity index is 441. The van der Waals surface area contributed by atoms with E-state index in [1.165, 1.54) is 12.8 Å². The Kier molecular flexibility index (Phi) is 3.08. The van der Waals surface area contributed by atoms with E-state index in [2.05, 4.69) is 11.9 Å². The SMILES string of the molecule is CC1(c2ncc3c(n2)CCCCC3N)CCCO1. The van der Waals surface area contributed by atoms with Crippen LogP contribution in [0.2, 0.25) is 0 Å². The van der Waals surface area contributed by atoms with Crippen LogP contribution in [-0.2, 0) is 16.8 Å². The maximum atomic E-state index is 6.17. The molecule has 4 heteroatoms. The van der Waals surface area contributed by atoms with Gasteiger partial charge in [-0.3, -0.25) is 0 Å². The fourth-order valence-electron chi connectivity index (χ4n) is 2.96. The molecule has 0 amide bonds. The molecule has 0 radical (unpaired) electrons. The summed E-state index contributed by atoms with van der Waals surface area (Å²) in [5.41, 5.74) is 8.16. The number of rotatable bonds is 1. The molecule has 2 heterocycles. The summed E-state index contributed by atoms with van der Waals surface area (Å²) in [5, 5.41) is 0. The minimum absolute atomic E-state index is 0.105. The van der Waals surface area contributed by atoms with Gasteiger partial charge >= 0.3 is 0 Å². The largest absolute Gasteiger partial charge is 0.367 e. The van der Waals surface area contributed by atoms with Crippen LogP contribution in [0.1, 0.15) is 62.2 Å². The van der Waals surface area contributed by atoms with Crippen molar-refractivity contribution in [1.29, 1.82) is 0 Å². The van der Waals surface area contributed by atoms with E-state index in [1.807, 2.05) is 6.20 Å². The second-order valence-corrected chi connectivity index (χ2v) is 5.63. The molecule has 0 bridgehead atoms. The number of aryl methyl sites for hydroxylation is 1. The maximum absolute atomic E-state index is 6.17. The van der Waals surface area contributed by atoms with Gasteiger partial charge in [0.05, 0.1) is 0 Å². The van der Waals surface area contributed by atoms with Crippen LogP contribution in [0.15, 0.2) is 6.20 Å². The molecule has 1 aromatic heterocycles. The van der Waals surface area contributed by atoms with Crippen LogP contribution in [0.25, 0.3) is 0 Å². The van der Waals surface area contributed by atoms with Gasteiger partial charge in [-0.25, -0.2) is 9.97 Å². The summed E-state index contributed by atoms with van der Waals surface area (Å²) in [6.07, 6.45) is 8.46. The predicted octanol–water partition coefficient (Wildman–Crippen LogP) is 2.23. The molecule has 0 saturated carbocycles. The molecule has 2 N–H and O–H groups in total. The van der Waals surface area contributed by atoms with E-state index in [-0.39, 0.29) is 11.6 Å². The summed E-state index contributed by atoms with van der Waals surface area (Å²) < 4.78 is 5.82. The van der Waals surface area contributed by atoms with Crippen LogP contribution in [0.5, 0.6) is 0 Å². The van der Waals surface area contributed by atoms with Gasteiger partial charge in [0.15, 0.2) is 5.82 Å². The molecule has 18 heavy (non-hydrogen) atoms. The zero-order valence-electron chi connectivity index (χ0n) is 11.0. The van der Waals surface area contributed by atoms with Crippen molar-refractivity contribution in [2.75, 3.05) is 6.61 Å². The molecule has 1 aliphatic heterocycles. The van der Waals surface area contributed by atoms with Gasteiger partial charge in [0, 0.05) is 30.1 Å². The lowest BCUT2D eigenvalue weighted by Gasteiger charge is -2.22. The highest BCUT2D eigenvalue weighted by atomic mass is 16.5. The van der Waals surface area contributed by atoms with E-state index in [4.69, 9.17) is 15.5 Å². The van der Waals surface area contributed by atoms with Gasteiger partial charge in [0.2, 0.25) is 0 Å². The minimum Gasteiger partial charge on any atom is -0.367 e. The molecule has 3 rings (SSSR count). The Labute approximate surface area is 108 Å². The second-order valence-electron chi connectivity index (χ2n) is 5.63. The highest BCUT2D eigenvalue weighted by Gasteiger charge is 2.35. The van der Waals surface area contributed by atoms with Gasteiger partial charge in [0.1, 0.15) is 5.60 Å². The van der Waals surface area contributed by atoms with Crippen molar-refractivity contribution in [3.63, 3.8) is 0 Å². The van der Waals surface area contributed by atoms with Crippen molar-refractivity contribution in [2.45, 2.75) is 57.1 Å². The summed E-state index contributed by atoms with van der Waals surface area (Å²) in [6, 6.07) is 0.105. The number of nitrogens with two attached hydrogens (primary N) is 1. The first-order valence-electron chi connectivity index (χ1n) is 6.95. The number of hydrogen-bond donors (Lipinski definition) is 1. The van der Waals surface area contributed by atoms with Crippen molar-refractivity contribution >= 4 is 0 Å². The monoisotopic (exact) mass is 247 g/mol. The molecule has 2 unspecified atom stereocenters. The first-order valence-corrected chi connectivity index (χ1v) is 6.95. The Hall–Kier alpha value is -1.00. The van der Waals surface area contributed by atoms with Gasteiger partial charge in [0.25, 0.3) is 0 Å². The van der Waals surface area contributed by atoms with Crippen LogP contribution >= 0.6 is 0 Å². The number of nitrogens with zero attached hydrogens (tertiary/aromatic N) is 2. The smallest absolute Gasteiger partial charge is 0.160 e. The lowest BCUT2D eigenvalue weighted by molar-refractivity contribution is 0.00909. The third kappa shape index (κ3) is 2.04. The fraction of sp³-hybridized carbons (Fsp3) is 0.714. The van der Waals surface area contributed by atoms with Crippen molar-refractivity contribution in [3.8, 4) is 0 Å². The van der Waals surface area contributed by atoms with Crippen LogP contribution in [0.4, 0.5) is 0 Å². The summed E-state index contributed by atoms with van der Waals surface area (Å²) >= 11 is 0. The maximum Gasteiger partial charge on any atom is 0.160 e. The first kappa shape index (κ1) is 12.1. The number of fused-ring (bicyclic) bond motifs is 1. The third-order valence-corrected chi connectivity index (χ3v) is 4.17. The zero-order chi connectivity index (χ0) is 12.6. The highest BCUT2D eigenvalue weighted by Crippen LogP contribution is 2.34. The molecule has 1 saturated heterocycles. The summed E-state index contributed by atoms with van der Waals surface area (Å²) in [7, 11) is 0. The standard InChI is InChI=1S/C14H21N3O/c1-14(7-4-8-18-14)13-16-9-10-11(15)5-2-3-6-12(10)17-13/h9,11H,2-8,15H2,1H3. The average molecular weight is 247 g/mol. The van der Waals surface area contributed by atoms with E-state index in [0.717, 1.165) is 49.4 Å². The predicted molar refractivity (Wildman–Crippen MR) is 69.1 cm³/mol. The number of hydrogen-bond acceptors (Lipinski definition) is 4. The molecule has 1 aliphatic carbocycles. The van der Waals surface area contributed by atoms with Crippen molar-refractivity contribution in [1.82, 2.24) is 9.97 Å². The molecule has 1 fully saturated rings. The van der Waals surface area contributed by atoms with Gasteiger partial charge < -0.3 is 10.5 Å². The molecule has 4 nitrogen and oxygen atoms in total. The van der Waals surface area contributed by atoms with Crippen molar-refractivity contribution < 1.29 is 4.74 Å². The molecular weight excluding hydrogens is 226 g/mol. The van der Waals surface area contributed by atoms with Crippen molar-refractivity contribution in [3.05, 3.63) is 23.3 Å². The Morgan fingerprint density at radius 1 is 1.39 bits per heavy atom. The molecule has 2 aliphatic rings. The van der Waals surface area contributed by atoms with Crippen LogP contribution < -0.4 is 5.73 Å². The van der Waals surface area contributed by atoms with E-state index in [9.17, 15) is 0 Å². The molecule has 1 aromatic rings. The quantitative estimate of drug-likeness (QED) is 0.773. The van der Waals surface area contributed by atoms with Gasteiger partial charge in [-0.2, -0.15) is 0 Å². The molecular formula is C14H21N3O. The summed E-state index contributed by atoms with van der Waals surface area (Å²) in [5.74, 6) is 0.841. The van der Waals surface area contributed by atoms with E-state index >= 15 is 0 Å². The first-order chi connectivity index (χ1) is 8.69. The molecule has 0 aromatic carbocycles. The van der Waals surface area contributed by atoms with Crippen molar-refractivity contribution in [2.24, 2.45) is 5.73 Å². The molecule has 98 valence electrons. The third-order valence-electron chi connectivity index (χ3n) is 4.17. The highest BCUT2D eigenvalue weighted by molar-refractivity contribution is 5.24. The summed E-state index contributed by atoms with van der Waals surface area (Å²) in [4.78, 5) is 9.28. The Balaban J connectivity index is 1.97. The lowest BCUT2D eigenvalue weighted by atomic mass is 10.0. The lowest BCUT2D eigenvalue weighted by Crippen LogP contribution is -2.25. The van der Waals surface area contributed by atoms with E-state index < -0.39 is 0 Å². The van der Waals surface area contributed by atoms with Gasteiger partial charge in [-0.1, -0.05) is 6.42 Å². The van der Waals surface area contributed by atoms with Gasteiger partial charge in [-0.05, 0) is 39.0 Å². The molecule has 2 atom stereocenters. The number of aromatic nitrogens is 2. The normalized spacial score (nSPS) is 32.0. The van der Waals surface area contributed by atoms with Gasteiger partial charge in [-0.15, -0.1) is 0 Å². The van der Waals surface area contributed by atoms with Crippen LogP contribution in [0, 0.1) is 0 Å². The minimum atomic E-state index is -0.286. The van der Waals surface area contributed by atoms with E-state index in [0.29, 0.717) is 0 Å². The van der Waals surface area contributed by atoms with Crippen LogP contribution in [0.3, 0.4) is 0 Å². The topological polar surface area (TPSA) is 61.0 Å². The Morgan fingerprint density at radius 2 is 2.28 bits per heavy atom. The van der Waals surface area contributed by atoms with Crippen LogP contribution in [-0.4, -0.2) is 16.6 Å². The average Bonchev–Trinajstić information content (AvgIpc) is 2.74.